The number of hydrogen-bond donors (Lipinski definition) is 1. The van der Waals surface area contributed by atoms with Crippen LogP contribution >= 0.6 is 0 Å². The second-order valence-electron chi connectivity index (χ2n) is 6.54. The number of aromatic nitrogens is 1. The van der Waals surface area contributed by atoms with Gasteiger partial charge in [-0.25, -0.2) is 8.78 Å². The van der Waals surface area contributed by atoms with Crippen LogP contribution < -0.4 is 5.32 Å². The van der Waals surface area contributed by atoms with Crippen LogP contribution in [0.2, 0.25) is 0 Å². The van der Waals surface area contributed by atoms with Gasteiger partial charge in [-0.2, -0.15) is 0 Å². The number of carbonyl (C=O) groups excluding carboxylic acids is 2. The minimum atomic E-state index is -2.48. The van der Waals surface area contributed by atoms with Crippen molar-refractivity contribution in [2.24, 2.45) is 0 Å². The second-order valence-corrected chi connectivity index (χ2v) is 6.54. The van der Waals surface area contributed by atoms with E-state index in [1.165, 1.54) is 0 Å². The van der Waals surface area contributed by atoms with Gasteiger partial charge in [0, 0.05) is 42.6 Å². The lowest BCUT2D eigenvalue weighted by atomic mass is 10.1. The molecule has 2 heterocycles. The highest BCUT2D eigenvalue weighted by atomic mass is 19.3. The molecule has 2 aromatic rings. The van der Waals surface area contributed by atoms with Crippen molar-refractivity contribution in [2.45, 2.75) is 44.7 Å². The fraction of sp³-hybridized carbons (Fsp3) is 0.421. The number of pyridine rings is 1. The Balaban J connectivity index is 1.63. The number of alkyl halides is 2. The van der Waals surface area contributed by atoms with E-state index in [2.05, 4.69) is 10.3 Å². The lowest BCUT2D eigenvalue weighted by Gasteiger charge is -2.25. The van der Waals surface area contributed by atoms with Crippen LogP contribution in [0, 0.1) is 0 Å². The third-order valence-electron chi connectivity index (χ3n) is 4.84. The van der Waals surface area contributed by atoms with E-state index in [-0.39, 0.29) is 30.3 Å². The number of carbonyl (C=O) groups is 2. The predicted molar refractivity (Wildman–Crippen MR) is 94.0 cm³/mol. The Hall–Kier alpha value is -2.57. The van der Waals surface area contributed by atoms with Gasteiger partial charge in [0.15, 0.2) is 0 Å². The minimum Gasteiger partial charge on any atom is -0.347 e. The molecule has 1 fully saturated rings. The van der Waals surface area contributed by atoms with Crippen molar-refractivity contribution in [2.75, 3.05) is 6.54 Å². The summed E-state index contributed by atoms with van der Waals surface area (Å²) in [5.41, 5.74) is 1.24. The smallest absolute Gasteiger partial charge is 0.251 e. The standard InChI is InChI=1S/C19H21F2N3O2/c1-12-15(8-10-24(12)18(25)7-6-17(20)21)23-19(26)14-5-4-13-3-2-9-22-16(13)11-14/h2-5,9,11-12,15,17H,6-8,10H2,1H3,(H,23,26)/t12-,15-/m1/s1. The number of fused-ring (bicyclic) bond motifs is 1. The van der Waals surface area contributed by atoms with Gasteiger partial charge in [0.2, 0.25) is 12.3 Å². The molecule has 1 saturated heterocycles. The minimum absolute atomic E-state index is 0.168. The first-order chi connectivity index (χ1) is 12.5. The van der Waals surface area contributed by atoms with Crippen LogP contribution in [0.4, 0.5) is 8.78 Å². The number of halogens is 2. The molecule has 1 aliphatic heterocycles. The van der Waals surface area contributed by atoms with E-state index in [9.17, 15) is 18.4 Å². The molecule has 1 N–H and O–H groups in total. The van der Waals surface area contributed by atoms with Crippen molar-refractivity contribution in [3.8, 4) is 0 Å². The first-order valence-corrected chi connectivity index (χ1v) is 8.69. The maximum Gasteiger partial charge on any atom is 0.251 e. The van der Waals surface area contributed by atoms with Gasteiger partial charge < -0.3 is 10.2 Å². The molecular formula is C19H21F2N3O2. The van der Waals surface area contributed by atoms with Crippen molar-refractivity contribution >= 4 is 22.7 Å². The molecule has 26 heavy (non-hydrogen) atoms. The van der Waals surface area contributed by atoms with E-state index in [0.29, 0.717) is 18.5 Å². The largest absolute Gasteiger partial charge is 0.347 e. The molecule has 1 aromatic carbocycles. The summed E-state index contributed by atoms with van der Waals surface area (Å²) in [5.74, 6) is -0.513. The highest BCUT2D eigenvalue weighted by molar-refractivity contribution is 5.98. The molecule has 1 aromatic heterocycles. The fourth-order valence-corrected chi connectivity index (χ4v) is 3.32. The molecule has 0 unspecified atom stereocenters. The molecule has 0 aliphatic carbocycles. The summed E-state index contributed by atoms with van der Waals surface area (Å²) in [4.78, 5) is 30.4. The first-order valence-electron chi connectivity index (χ1n) is 8.69. The molecule has 3 rings (SSSR count). The van der Waals surface area contributed by atoms with Crippen molar-refractivity contribution < 1.29 is 18.4 Å². The van der Waals surface area contributed by atoms with Crippen LogP contribution in [0.5, 0.6) is 0 Å². The zero-order valence-electron chi connectivity index (χ0n) is 14.5. The van der Waals surface area contributed by atoms with Gasteiger partial charge in [0.05, 0.1) is 11.6 Å². The number of nitrogens with zero attached hydrogens (tertiary/aromatic N) is 2. The normalized spacial score (nSPS) is 19.9. The molecule has 5 nitrogen and oxygen atoms in total. The zero-order valence-corrected chi connectivity index (χ0v) is 14.5. The molecule has 138 valence electrons. The maximum atomic E-state index is 12.5. The van der Waals surface area contributed by atoms with Crippen molar-refractivity contribution in [3.05, 3.63) is 42.1 Å². The molecule has 1 aliphatic rings. The van der Waals surface area contributed by atoms with Gasteiger partial charge in [-0.1, -0.05) is 12.1 Å². The molecular weight excluding hydrogens is 340 g/mol. The van der Waals surface area contributed by atoms with Crippen molar-refractivity contribution in [1.29, 1.82) is 0 Å². The average molecular weight is 361 g/mol. The topological polar surface area (TPSA) is 62.3 Å². The summed E-state index contributed by atoms with van der Waals surface area (Å²) in [6.45, 7) is 2.30. The Bertz CT molecular complexity index is 812. The lowest BCUT2D eigenvalue weighted by molar-refractivity contribution is -0.132. The second kappa shape index (κ2) is 7.76. The third-order valence-corrected chi connectivity index (χ3v) is 4.84. The summed E-state index contributed by atoms with van der Waals surface area (Å²) >= 11 is 0. The highest BCUT2D eigenvalue weighted by Gasteiger charge is 2.34. The molecule has 0 spiro atoms. The Labute approximate surface area is 150 Å². The average Bonchev–Trinajstić information content (AvgIpc) is 2.99. The van der Waals surface area contributed by atoms with Crippen LogP contribution in [0.25, 0.3) is 10.9 Å². The quantitative estimate of drug-likeness (QED) is 0.891. The summed E-state index contributed by atoms with van der Waals surface area (Å²) in [6, 6.07) is 8.66. The predicted octanol–water partition coefficient (Wildman–Crippen LogP) is 3.00. The van der Waals surface area contributed by atoms with Crippen LogP contribution in [0.15, 0.2) is 36.5 Å². The third kappa shape index (κ3) is 3.98. The fourth-order valence-electron chi connectivity index (χ4n) is 3.32. The number of hydrogen-bond acceptors (Lipinski definition) is 3. The summed E-state index contributed by atoms with van der Waals surface area (Å²) in [6.07, 6.45) is -0.790. The van der Waals surface area contributed by atoms with E-state index in [4.69, 9.17) is 0 Å². The van der Waals surface area contributed by atoms with Crippen LogP contribution in [0.1, 0.15) is 36.5 Å². The molecule has 2 atom stereocenters. The van der Waals surface area contributed by atoms with Gasteiger partial charge in [-0.05, 0) is 31.5 Å². The Kier molecular flexibility index (Phi) is 5.44. The van der Waals surface area contributed by atoms with Crippen LogP contribution in [0.3, 0.4) is 0 Å². The monoisotopic (exact) mass is 361 g/mol. The molecule has 0 radical (unpaired) electrons. The highest BCUT2D eigenvalue weighted by Crippen LogP contribution is 2.21. The van der Waals surface area contributed by atoms with Gasteiger partial charge in [0.1, 0.15) is 0 Å². The summed E-state index contributed by atoms with van der Waals surface area (Å²) in [5, 5.41) is 3.90. The van der Waals surface area contributed by atoms with Gasteiger partial charge in [-0.15, -0.1) is 0 Å². The summed E-state index contributed by atoms with van der Waals surface area (Å²) in [7, 11) is 0. The van der Waals surface area contributed by atoms with E-state index < -0.39 is 12.8 Å². The number of benzene rings is 1. The Morgan fingerprint density at radius 3 is 2.92 bits per heavy atom. The molecule has 2 amide bonds. The van der Waals surface area contributed by atoms with E-state index in [0.717, 1.165) is 10.9 Å². The van der Waals surface area contributed by atoms with Crippen molar-refractivity contribution in [3.63, 3.8) is 0 Å². The number of likely N-dealkylation sites (tertiary alicyclic amines) is 1. The molecule has 0 saturated carbocycles. The zero-order chi connectivity index (χ0) is 18.7. The maximum absolute atomic E-state index is 12.5. The summed E-state index contributed by atoms with van der Waals surface area (Å²) < 4.78 is 24.6. The van der Waals surface area contributed by atoms with Crippen molar-refractivity contribution in [1.82, 2.24) is 15.2 Å². The number of rotatable bonds is 5. The Morgan fingerprint density at radius 2 is 2.15 bits per heavy atom. The SMILES string of the molecule is C[C@@H]1[C@H](NC(=O)c2ccc3cccnc3c2)CCN1C(=O)CCC(F)F. The lowest BCUT2D eigenvalue weighted by Crippen LogP contribution is -2.45. The van der Waals surface area contributed by atoms with Gasteiger partial charge in [0.25, 0.3) is 5.91 Å². The van der Waals surface area contributed by atoms with Crippen LogP contribution in [-0.2, 0) is 4.79 Å². The van der Waals surface area contributed by atoms with E-state index >= 15 is 0 Å². The van der Waals surface area contributed by atoms with Gasteiger partial charge >= 0.3 is 0 Å². The Morgan fingerprint density at radius 1 is 1.35 bits per heavy atom. The number of amides is 2. The molecule has 7 heteroatoms. The number of nitrogens with one attached hydrogen (secondary N) is 1. The first kappa shape index (κ1) is 18.2. The van der Waals surface area contributed by atoms with E-state index in [1.54, 1.807) is 23.2 Å². The van der Waals surface area contributed by atoms with E-state index in [1.807, 2.05) is 25.1 Å². The molecule has 0 bridgehead atoms. The van der Waals surface area contributed by atoms with Crippen LogP contribution in [-0.4, -0.2) is 46.8 Å². The van der Waals surface area contributed by atoms with Gasteiger partial charge in [-0.3, -0.25) is 14.6 Å².